The van der Waals surface area contributed by atoms with Crippen LogP contribution in [0.4, 0.5) is 11.6 Å². The fourth-order valence-corrected chi connectivity index (χ4v) is 3.19. The Morgan fingerprint density at radius 1 is 1.15 bits per heavy atom. The molecule has 0 aliphatic carbocycles. The minimum atomic E-state index is -0.547. The highest BCUT2D eigenvalue weighted by molar-refractivity contribution is 5.42. The zero-order chi connectivity index (χ0) is 14.0. The van der Waals surface area contributed by atoms with Crippen molar-refractivity contribution < 1.29 is 5.11 Å². The molecule has 2 saturated heterocycles. The molecule has 0 saturated carbocycles. The molecule has 0 bridgehead atoms. The lowest BCUT2D eigenvalue weighted by Gasteiger charge is -2.40. The van der Waals surface area contributed by atoms with E-state index in [0.29, 0.717) is 5.82 Å². The van der Waals surface area contributed by atoms with Gasteiger partial charge in [-0.15, -0.1) is 0 Å². The van der Waals surface area contributed by atoms with E-state index in [9.17, 15) is 5.11 Å². The molecule has 0 aromatic carbocycles. The summed E-state index contributed by atoms with van der Waals surface area (Å²) in [6.45, 7) is 4.69. The third-order valence-electron chi connectivity index (χ3n) is 4.38. The summed E-state index contributed by atoms with van der Waals surface area (Å²) in [5.41, 5.74) is 5.12. The molecule has 1 aromatic rings. The van der Waals surface area contributed by atoms with Crippen LogP contribution in [-0.4, -0.2) is 58.3 Å². The molecule has 0 amide bonds. The molecule has 0 radical (unpaired) electrons. The van der Waals surface area contributed by atoms with Crippen LogP contribution in [0.3, 0.4) is 0 Å². The number of nitrogen functional groups attached to an aromatic ring is 1. The number of piperidine rings is 1. The van der Waals surface area contributed by atoms with Crippen molar-refractivity contribution in [3.8, 4) is 0 Å². The molecular weight excluding hydrogens is 254 g/mol. The van der Waals surface area contributed by atoms with Gasteiger partial charge in [0.05, 0.1) is 18.0 Å². The van der Waals surface area contributed by atoms with Crippen LogP contribution >= 0.6 is 0 Å². The predicted octanol–water partition coefficient (Wildman–Crippen LogP) is 0.486. The van der Waals surface area contributed by atoms with Crippen LogP contribution in [-0.2, 0) is 0 Å². The van der Waals surface area contributed by atoms with Crippen LogP contribution in [0.1, 0.15) is 25.7 Å². The van der Waals surface area contributed by atoms with Gasteiger partial charge in [0.1, 0.15) is 11.6 Å². The van der Waals surface area contributed by atoms with Crippen LogP contribution in [0.15, 0.2) is 12.4 Å². The zero-order valence-corrected chi connectivity index (χ0v) is 11.8. The number of anilines is 2. The molecule has 0 unspecified atom stereocenters. The molecule has 0 spiro atoms. The quantitative estimate of drug-likeness (QED) is 0.837. The first kappa shape index (κ1) is 13.6. The Hall–Kier alpha value is -1.40. The monoisotopic (exact) mass is 277 g/mol. The Bertz CT molecular complexity index is 453. The largest absolute Gasteiger partial charge is 0.388 e. The van der Waals surface area contributed by atoms with E-state index in [1.54, 1.807) is 12.4 Å². The first-order chi connectivity index (χ1) is 9.65. The number of aromatic nitrogens is 2. The first-order valence-corrected chi connectivity index (χ1v) is 7.42. The fraction of sp³-hybridized carbons (Fsp3) is 0.714. The topological polar surface area (TPSA) is 78.5 Å². The van der Waals surface area contributed by atoms with Gasteiger partial charge in [0.15, 0.2) is 0 Å². The SMILES string of the molecule is Nc1cncc(N2CCC(O)(CN3CCCC3)CC2)n1. The fourth-order valence-electron chi connectivity index (χ4n) is 3.19. The van der Waals surface area contributed by atoms with E-state index < -0.39 is 5.60 Å². The number of β-amino-alcohol motifs (C(OH)–C–C–N with tert-alkyl or cyclic N) is 1. The molecule has 2 fully saturated rings. The first-order valence-electron chi connectivity index (χ1n) is 7.42. The van der Waals surface area contributed by atoms with Crippen LogP contribution in [0, 0.1) is 0 Å². The second-order valence-electron chi connectivity index (χ2n) is 6.00. The number of aliphatic hydroxyl groups is 1. The maximum atomic E-state index is 10.7. The smallest absolute Gasteiger partial charge is 0.149 e. The molecule has 3 rings (SSSR count). The molecule has 20 heavy (non-hydrogen) atoms. The Balaban J connectivity index is 1.58. The van der Waals surface area contributed by atoms with Crippen molar-refractivity contribution in [2.24, 2.45) is 0 Å². The van der Waals surface area contributed by atoms with Gasteiger partial charge in [0.2, 0.25) is 0 Å². The second kappa shape index (κ2) is 5.54. The highest BCUT2D eigenvalue weighted by Gasteiger charge is 2.35. The number of rotatable bonds is 3. The van der Waals surface area contributed by atoms with Gasteiger partial charge in [0.25, 0.3) is 0 Å². The predicted molar refractivity (Wildman–Crippen MR) is 78.5 cm³/mol. The molecule has 1 aromatic heterocycles. The normalized spacial score (nSPS) is 23.1. The molecule has 6 heteroatoms. The third kappa shape index (κ3) is 3.02. The second-order valence-corrected chi connectivity index (χ2v) is 6.00. The Labute approximate surface area is 119 Å². The summed E-state index contributed by atoms with van der Waals surface area (Å²) < 4.78 is 0. The summed E-state index contributed by atoms with van der Waals surface area (Å²) in [7, 11) is 0. The lowest BCUT2D eigenvalue weighted by atomic mass is 9.91. The molecule has 6 nitrogen and oxygen atoms in total. The summed E-state index contributed by atoms with van der Waals surface area (Å²) >= 11 is 0. The highest BCUT2D eigenvalue weighted by atomic mass is 16.3. The van der Waals surface area contributed by atoms with E-state index in [-0.39, 0.29) is 0 Å². The van der Waals surface area contributed by atoms with E-state index in [1.807, 2.05) is 0 Å². The average Bonchev–Trinajstić information content (AvgIpc) is 2.92. The highest BCUT2D eigenvalue weighted by Crippen LogP contribution is 2.27. The lowest BCUT2D eigenvalue weighted by Crippen LogP contribution is -2.50. The lowest BCUT2D eigenvalue weighted by molar-refractivity contribution is -0.0111. The van der Waals surface area contributed by atoms with E-state index in [1.165, 1.54) is 12.8 Å². The number of likely N-dealkylation sites (tertiary alicyclic amines) is 1. The van der Waals surface area contributed by atoms with E-state index >= 15 is 0 Å². The van der Waals surface area contributed by atoms with E-state index in [2.05, 4.69) is 19.8 Å². The summed E-state index contributed by atoms with van der Waals surface area (Å²) in [5, 5.41) is 10.7. The minimum absolute atomic E-state index is 0.445. The van der Waals surface area contributed by atoms with Crippen molar-refractivity contribution in [1.82, 2.24) is 14.9 Å². The molecule has 2 aliphatic rings. The third-order valence-corrected chi connectivity index (χ3v) is 4.38. The number of nitrogens with two attached hydrogens (primary N) is 1. The van der Waals surface area contributed by atoms with Crippen LogP contribution in [0.5, 0.6) is 0 Å². The minimum Gasteiger partial charge on any atom is -0.388 e. The van der Waals surface area contributed by atoms with E-state index in [4.69, 9.17) is 5.73 Å². The van der Waals surface area contributed by atoms with Crippen LogP contribution in [0.25, 0.3) is 0 Å². The van der Waals surface area contributed by atoms with Gasteiger partial charge in [-0.2, -0.15) is 0 Å². The summed E-state index contributed by atoms with van der Waals surface area (Å²) in [5.74, 6) is 1.26. The van der Waals surface area contributed by atoms with Crippen molar-refractivity contribution >= 4 is 11.6 Å². The molecule has 2 aliphatic heterocycles. The maximum absolute atomic E-state index is 10.7. The van der Waals surface area contributed by atoms with E-state index in [0.717, 1.165) is 51.4 Å². The van der Waals surface area contributed by atoms with Crippen molar-refractivity contribution in [1.29, 1.82) is 0 Å². The number of hydrogen-bond donors (Lipinski definition) is 2. The maximum Gasteiger partial charge on any atom is 0.149 e. The summed E-state index contributed by atoms with van der Waals surface area (Å²) in [4.78, 5) is 12.9. The molecular formula is C14H23N5O. The Morgan fingerprint density at radius 3 is 2.50 bits per heavy atom. The van der Waals surface area contributed by atoms with Gasteiger partial charge in [-0.1, -0.05) is 0 Å². The molecule has 3 N–H and O–H groups in total. The summed E-state index contributed by atoms with van der Waals surface area (Å²) in [6, 6.07) is 0. The van der Waals surface area contributed by atoms with Gasteiger partial charge in [-0.05, 0) is 38.8 Å². The number of hydrogen-bond acceptors (Lipinski definition) is 6. The van der Waals surface area contributed by atoms with Crippen molar-refractivity contribution in [2.45, 2.75) is 31.3 Å². The van der Waals surface area contributed by atoms with Gasteiger partial charge in [0, 0.05) is 19.6 Å². The molecule has 3 heterocycles. The van der Waals surface area contributed by atoms with Crippen LogP contribution in [0.2, 0.25) is 0 Å². The number of nitrogens with zero attached hydrogens (tertiary/aromatic N) is 4. The van der Waals surface area contributed by atoms with Crippen LogP contribution < -0.4 is 10.6 Å². The Kier molecular flexibility index (Phi) is 3.76. The van der Waals surface area contributed by atoms with Crippen molar-refractivity contribution in [3.63, 3.8) is 0 Å². The van der Waals surface area contributed by atoms with Crippen molar-refractivity contribution in [2.75, 3.05) is 43.4 Å². The van der Waals surface area contributed by atoms with Gasteiger partial charge < -0.3 is 20.6 Å². The summed E-state index contributed by atoms with van der Waals surface area (Å²) in [6.07, 6.45) is 7.38. The van der Waals surface area contributed by atoms with Crippen molar-refractivity contribution in [3.05, 3.63) is 12.4 Å². The zero-order valence-electron chi connectivity index (χ0n) is 11.8. The van der Waals surface area contributed by atoms with Gasteiger partial charge in [-0.3, -0.25) is 4.98 Å². The molecule has 0 atom stereocenters. The molecule has 110 valence electrons. The van der Waals surface area contributed by atoms with Gasteiger partial charge in [-0.25, -0.2) is 4.98 Å². The standard InChI is InChI=1S/C14H23N5O/c15-12-9-16-10-13(17-12)19-7-3-14(20,4-8-19)11-18-5-1-2-6-18/h9-10,20H,1-8,11H2,(H2,15,17). The Morgan fingerprint density at radius 2 is 1.85 bits per heavy atom. The van der Waals surface area contributed by atoms with Gasteiger partial charge >= 0.3 is 0 Å². The average molecular weight is 277 g/mol.